The zero-order chi connectivity index (χ0) is 20.3. The molecular weight excluding hydrogens is 395 g/mol. The predicted octanol–water partition coefficient (Wildman–Crippen LogP) is 4.36. The number of thioether (sulfide) groups is 1. The fourth-order valence-corrected chi connectivity index (χ4v) is 3.62. The van der Waals surface area contributed by atoms with E-state index in [1.165, 1.54) is 40.9 Å². The summed E-state index contributed by atoms with van der Waals surface area (Å²) in [4.78, 5) is 28.6. The molecule has 0 bridgehead atoms. The number of carbonyl (C=O) groups is 1. The van der Waals surface area contributed by atoms with Crippen LogP contribution in [0.1, 0.15) is 21.5 Å². The summed E-state index contributed by atoms with van der Waals surface area (Å²) in [7, 11) is 0. The molecule has 3 rings (SSSR count). The second kappa shape index (κ2) is 8.01. The molecule has 0 saturated heterocycles. The van der Waals surface area contributed by atoms with Gasteiger partial charge < -0.3 is 0 Å². The van der Waals surface area contributed by atoms with Gasteiger partial charge in [-0.3, -0.25) is 24.8 Å². The Bertz CT molecular complexity index is 947. The van der Waals surface area contributed by atoms with Crippen LogP contribution in [0.2, 0.25) is 0 Å². The largest absolute Gasteiger partial charge is 0.416 e. The van der Waals surface area contributed by atoms with Crippen LogP contribution in [-0.2, 0) is 11.9 Å². The Morgan fingerprint density at radius 1 is 1.21 bits per heavy atom. The molecule has 6 nitrogen and oxygen atoms in total. The van der Waals surface area contributed by atoms with E-state index >= 15 is 0 Å². The molecule has 2 aromatic rings. The summed E-state index contributed by atoms with van der Waals surface area (Å²) in [6, 6.07) is 10.4. The van der Waals surface area contributed by atoms with Crippen LogP contribution in [-0.4, -0.2) is 34.0 Å². The summed E-state index contributed by atoms with van der Waals surface area (Å²) in [6.45, 7) is 0.619. The maximum Gasteiger partial charge on any atom is 0.416 e. The quantitative estimate of drug-likeness (QED) is 0.555. The molecule has 28 heavy (non-hydrogen) atoms. The molecule has 0 saturated carbocycles. The number of hydrogen-bond acceptors (Lipinski definition) is 5. The van der Waals surface area contributed by atoms with E-state index in [1.807, 2.05) is 0 Å². The molecule has 0 N–H and O–H groups in total. The topological polar surface area (TPSA) is 75.8 Å². The van der Waals surface area contributed by atoms with E-state index in [2.05, 4.69) is 4.99 Å². The van der Waals surface area contributed by atoms with E-state index in [-0.39, 0.29) is 17.8 Å². The van der Waals surface area contributed by atoms with Crippen molar-refractivity contribution < 1.29 is 22.9 Å². The van der Waals surface area contributed by atoms with Gasteiger partial charge >= 0.3 is 6.18 Å². The van der Waals surface area contributed by atoms with Crippen molar-refractivity contribution in [1.29, 1.82) is 0 Å². The normalized spacial score (nSPS) is 14.1. The van der Waals surface area contributed by atoms with Crippen LogP contribution in [0.4, 0.5) is 18.9 Å². The van der Waals surface area contributed by atoms with E-state index in [4.69, 9.17) is 0 Å². The summed E-state index contributed by atoms with van der Waals surface area (Å²) >= 11 is 1.21. The Balaban J connectivity index is 1.72. The van der Waals surface area contributed by atoms with Crippen LogP contribution < -0.4 is 0 Å². The van der Waals surface area contributed by atoms with E-state index in [1.54, 1.807) is 12.1 Å². The molecule has 1 aliphatic heterocycles. The second-order valence-corrected chi connectivity index (χ2v) is 6.86. The van der Waals surface area contributed by atoms with E-state index in [0.29, 0.717) is 23.0 Å². The molecule has 0 radical (unpaired) electrons. The van der Waals surface area contributed by atoms with Crippen molar-refractivity contribution in [2.45, 2.75) is 11.9 Å². The van der Waals surface area contributed by atoms with Crippen LogP contribution in [0.25, 0.3) is 0 Å². The van der Waals surface area contributed by atoms with Crippen LogP contribution in [0.15, 0.2) is 53.5 Å². The van der Waals surface area contributed by atoms with Gasteiger partial charge in [-0.1, -0.05) is 30.0 Å². The lowest BCUT2D eigenvalue weighted by Gasteiger charge is -2.18. The van der Waals surface area contributed by atoms with Gasteiger partial charge in [-0.2, -0.15) is 13.2 Å². The first-order chi connectivity index (χ1) is 13.3. The van der Waals surface area contributed by atoms with Crippen LogP contribution in [0.5, 0.6) is 0 Å². The van der Waals surface area contributed by atoms with E-state index in [9.17, 15) is 28.1 Å². The number of hydrogen-bond donors (Lipinski definition) is 0. The number of alkyl halides is 3. The summed E-state index contributed by atoms with van der Waals surface area (Å²) in [5.41, 5.74) is -0.315. The van der Waals surface area contributed by atoms with Crippen molar-refractivity contribution in [1.82, 2.24) is 4.90 Å². The summed E-state index contributed by atoms with van der Waals surface area (Å²) in [5, 5.41) is 11.2. The molecule has 1 aliphatic rings. The molecule has 0 atom stereocenters. The van der Waals surface area contributed by atoms with Crippen LogP contribution in [0, 0.1) is 10.1 Å². The third-order valence-corrected chi connectivity index (χ3v) is 5.06. The highest BCUT2D eigenvalue weighted by Gasteiger charge is 2.32. The van der Waals surface area contributed by atoms with Gasteiger partial charge in [-0.25, -0.2) is 0 Å². The van der Waals surface area contributed by atoms with E-state index in [0.717, 1.165) is 12.1 Å². The number of rotatable bonds is 4. The van der Waals surface area contributed by atoms with Crippen LogP contribution >= 0.6 is 11.8 Å². The molecule has 1 amide bonds. The molecule has 0 aromatic heterocycles. The first-order valence-electron chi connectivity index (χ1n) is 8.15. The zero-order valence-corrected chi connectivity index (χ0v) is 15.2. The Hall–Kier alpha value is -2.88. The lowest BCUT2D eigenvalue weighted by molar-refractivity contribution is -0.384. The first-order valence-corrected chi connectivity index (χ1v) is 9.14. The lowest BCUT2D eigenvalue weighted by atomic mass is 10.1. The lowest BCUT2D eigenvalue weighted by Crippen LogP contribution is -2.33. The smallest absolute Gasteiger partial charge is 0.286 e. The monoisotopic (exact) mass is 409 g/mol. The fraction of sp³-hybridized carbons (Fsp3) is 0.222. The molecule has 146 valence electrons. The van der Waals surface area contributed by atoms with Crippen molar-refractivity contribution >= 4 is 28.5 Å². The molecule has 10 heteroatoms. The van der Waals surface area contributed by atoms with Gasteiger partial charge in [0.2, 0.25) is 0 Å². The average molecular weight is 409 g/mol. The minimum atomic E-state index is -4.53. The second-order valence-electron chi connectivity index (χ2n) is 5.92. The molecule has 1 heterocycles. The third-order valence-electron chi connectivity index (χ3n) is 3.97. The maximum absolute atomic E-state index is 12.9. The van der Waals surface area contributed by atoms with Crippen molar-refractivity contribution in [2.24, 2.45) is 4.99 Å². The summed E-state index contributed by atoms with van der Waals surface area (Å²) in [5.74, 6) is -0.221. The third kappa shape index (κ3) is 4.50. The van der Waals surface area contributed by atoms with Gasteiger partial charge in [-0.05, 0) is 23.8 Å². The molecular formula is C18H14F3N3O3S. The molecule has 0 aliphatic carbocycles. The highest BCUT2D eigenvalue weighted by molar-refractivity contribution is 8.13. The van der Waals surface area contributed by atoms with Crippen LogP contribution in [0.3, 0.4) is 0 Å². The number of carbonyl (C=O) groups excluding carboxylic acids is 1. The first kappa shape index (κ1) is 19.9. The van der Waals surface area contributed by atoms with Crippen molar-refractivity contribution in [3.63, 3.8) is 0 Å². The zero-order valence-electron chi connectivity index (χ0n) is 14.3. The Morgan fingerprint density at radius 3 is 2.68 bits per heavy atom. The van der Waals surface area contributed by atoms with Crippen molar-refractivity contribution in [3.8, 4) is 0 Å². The number of halogens is 3. The number of amides is 1. The maximum atomic E-state index is 12.9. The highest BCUT2D eigenvalue weighted by atomic mass is 32.2. The van der Waals surface area contributed by atoms with E-state index < -0.39 is 22.6 Å². The predicted molar refractivity (Wildman–Crippen MR) is 99.2 cm³/mol. The van der Waals surface area contributed by atoms with Gasteiger partial charge in [0.1, 0.15) is 0 Å². The van der Waals surface area contributed by atoms with Gasteiger partial charge in [0.15, 0.2) is 5.17 Å². The molecule has 0 fully saturated rings. The van der Waals surface area contributed by atoms with Gasteiger partial charge in [0.25, 0.3) is 11.6 Å². The minimum absolute atomic E-state index is 0.0386. The van der Waals surface area contributed by atoms with Gasteiger partial charge in [0.05, 0.1) is 17.0 Å². The molecule has 0 unspecified atom stereocenters. The van der Waals surface area contributed by atoms with Crippen molar-refractivity contribution in [3.05, 3.63) is 75.3 Å². The number of nitro benzene ring substituents is 1. The van der Waals surface area contributed by atoms with Gasteiger partial charge in [-0.15, -0.1) is 0 Å². The summed E-state index contributed by atoms with van der Waals surface area (Å²) in [6.07, 6.45) is -4.53. The number of benzene rings is 2. The average Bonchev–Trinajstić information content (AvgIpc) is 3.14. The number of nitrogens with zero attached hydrogens (tertiary/aromatic N) is 3. The van der Waals surface area contributed by atoms with Gasteiger partial charge in [0, 0.05) is 30.0 Å². The Morgan fingerprint density at radius 2 is 1.96 bits per heavy atom. The van der Waals surface area contributed by atoms with Crippen molar-refractivity contribution in [2.75, 3.05) is 13.1 Å². The molecule has 2 aromatic carbocycles. The number of amidine groups is 1. The Labute approximate surface area is 162 Å². The minimum Gasteiger partial charge on any atom is -0.286 e. The molecule has 0 spiro atoms. The number of nitro groups is 1. The summed E-state index contributed by atoms with van der Waals surface area (Å²) < 4.78 is 38.6. The highest BCUT2D eigenvalue weighted by Crippen LogP contribution is 2.30. The Kier molecular flexibility index (Phi) is 5.68. The number of aliphatic imine (C=N–C) groups is 1. The fourth-order valence-electron chi connectivity index (χ4n) is 2.63. The number of non-ortho nitro benzene ring substituents is 1. The SMILES string of the molecule is O=C(c1cccc(C(F)(F)F)c1)N1CCN=C1SCc1cccc([N+](=O)[O-])c1. The standard InChI is InChI=1S/C18H14F3N3O3S/c19-18(20,21)14-5-2-4-13(10-14)16(25)23-8-7-22-17(23)28-11-12-3-1-6-15(9-12)24(26)27/h1-6,9-10H,7-8,11H2.